The van der Waals surface area contributed by atoms with Crippen molar-refractivity contribution in [2.24, 2.45) is 0 Å². The molecule has 0 atom stereocenters. The van der Waals surface area contributed by atoms with Crippen LogP contribution in [0.5, 0.6) is 0 Å². The number of carboxylic acid groups (broad SMARTS) is 1. The SMILES string of the molecule is Cc1nc(C(=O)O)cc(N2CCCCCC2)n1. The zero-order chi connectivity index (χ0) is 12.3. The van der Waals surface area contributed by atoms with Crippen molar-refractivity contribution in [1.29, 1.82) is 0 Å². The lowest BCUT2D eigenvalue weighted by Gasteiger charge is -2.21. The average molecular weight is 235 g/mol. The number of hydrogen-bond donors (Lipinski definition) is 1. The second kappa shape index (κ2) is 5.12. The van der Waals surface area contributed by atoms with Crippen molar-refractivity contribution in [3.05, 3.63) is 17.6 Å². The predicted molar refractivity (Wildman–Crippen MR) is 64.4 cm³/mol. The molecule has 0 amide bonds. The monoisotopic (exact) mass is 235 g/mol. The maximum atomic E-state index is 10.9. The third kappa shape index (κ3) is 2.93. The highest BCUT2D eigenvalue weighted by Crippen LogP contribution is 2.18. The highest BCUT2D eigenvalue weighted by molar-refractivity contribution is 5.86. The molecule has 2 rings (SSSR count). The van der Waals surface area contributed by atoms with Crippen LogP contribution < -0.4 is 4.90 Å². The Morgan fingerprint density at radius 1 is 1.24 bits per heavy atom. The summed E-state index contributed by atoms with van der Waals surface area (Å²) in [6.45, 7) is 3.64. The maximum Gasteiger partial charge on any atom is 0.354 e. The van der Waals surface area contributed by atoms with Crippen molar-refractivity contribution in [2.45, 2.75) is 32.6 Å². The molecule has 5 heteroatoms. The van der Waals surface area contributed by atoms with E-state index in [4.69, 9.17) is 5.11 Å². The molecular weight excluding hydrogens is 218 g/mol. The Labute approximate surface area is 100 Å². The highest BCUT2D eigenvalue weighted by atomic mass is 16.4. The number of hydrogen-bond acceptors (Lipinski definition) is 4. The molecule has 2 heterocycles. The van der Waals surface area contributed by atoms with Gasteiger partial charge in [0.1, 0.15) is 11.6 Å². The molecule has 0 bridgehead atoms. The van der Waals surface area contributed by atoms with E-state index >= 15 is 0 Å². The fourth-order valence-corrected chi connectivity index (χ4v) is 2.12. The summed E-state index contributed by atoms with van der Waals surface area (Å²) in [4.78, 5) is 21.4. The molecule has 1 aliphatic rings. The van der Waals surface area contributed by atoms with Crippen LogP contribution in [-0.2, 0) is 0 Å². The first-order chi connectivity index (χ1) is 8.16. The van der Waals surface area contributed by atoms with Gasteiger partial charge in [0.05, 0.1) is 0 Å². The molecule has 0 aromatic carbocycles. The van der Waals surface area contributed by atoms with E-state index < -0.39 is 5.97 Å². The highest BCUT2D eigenvalue weighted by Gasteiger charge is 2.15. The molecule has 1 aromatic rings. The average Bonchev–Trinajstić information content (AvgIpc) is 2.56. The number of aromatic nitrogens is 2. The summed E-state index contributed by atoms with van der Waals surface area (Å²) in [7, 11) is 0. The second-order valence-corrected chi connectivity index (χ2v) is 4.37. The molecule has 92 valence electrons. The molecule has 1 fully saturated rings. The van der Waals surface area contributed by atoms with E-state index in [0.29, 0.717) is 5.82 Å². The third-order valence-electron chi connectivity index (χ3n) is 2.97. The molecule has 0 spiro atoms. The summed E-state index contributed by atoms with van der Waals surface area (Å²) in [6, 6.07) is 1.57. The molecule has 5 nitrogen and oxygen atoms in total. The van der Waals surface area contributed by atoms with Gasteiger partial charge in [-0.2, -0.15) is 0 Å². The summed E-state index contributed by atoms with van der Waals surface area (Å²) in [5, 5.41) is 8.98. The van der Waals surface area contributed by atoms with Crippen LogP contribution in [-0.4, -0.2) is 34.1 Å². The van der Waals surface area contributed by atoms with Gasteiger partial charge in [0.25, 0.3) is 0 Å². The summed E-state index contributed by atoms with van der Waals surface area (Å²) >= 11 is 0. The second-order valence-electron chi connectivity index (χ2n) is 4.37. The van der Waals surface area contributed by atoms with E-state index in [9.17, 15) is 4.79 Å². The number of aromatic carboxylic acids is 1. The van der Waals surface area contributed by atoms with Gasteiger partial charge < -0.3 is 10.0 Å². The quantitative estimate of drug-likeness (QED) is 0.847. The molecule has 1 aromatic heterocycles. The van der Waals surface area contributed by atoms with E-state index in [2.05, 4.69) is 14.9 Å². The van der Waals surface area contributed by atoms with Crippen molar-refractivity contribution < 1.29 is 9.90 Å². The van der Waals surface area contributed by atoms with Crippen LogP contribution in [0.25, 0.3) is 0 Å². The van der Waals surface area contributed by atoms with Crippen LogP contribution in [0.3, 0.4) is 0 Å². The minimum Gasteiger partial charge on any atom is -0.477 e. The smallest absolute Gasteiger partial charge is 0.354 e. The van der Waals surface area contributed by atoms with E-state index in [1.807, 2.05) is 0 Å². The fourth-order valence-electron chi connectivity index (χ4n) is 2.12. The van der Waals surface area contributed by atoms with Crippen molar-refractivity contribution in [2.75, 3.05) is 18.0 Å². The predicted octanol–water partition coefficient (Wildman–Crippen LogP) is 1.86. The van der Waals surface area contributed by atoms with Gasteiger partial charge in [0, 0.05) is 19.2 Å². The zero-order valence-electron chi connectivity index (χ0n) is 10.0. The lowest BCUT2D eigenvalue weighted by Crippen LogP contribution is -2.25. The van der Waals surface area contributed by atoms with E-state index in [1.165, 1.54) is 12.8 Å². The first-order valence-corrected chi connectivity index (χ1v) is 6.01. The Morgan fingerprint density at radius 3 is 2.47 bits per heavy atom. The lowest BCUT2D eigenvalue weighted by atomic mass is 10.2. The summed E-state index contributed by atoms with van der Waals surface area (Å²) in [6.07, 6.45) is 4.77. The molecule has 0 unspecified atom stereocenters. The molecule has 0 radical (unpaired) electrons. The molecule has 1 saturated heterocycles. The summed E-state index contributed by atoms with van der Waals surface area (Å²) in [5.41, 5.74) is 0.0803. The van der Waals surface area contributed by atoms with Crippen LogP contribution in [0.2, 0.25) is 0 Å². The van der Waals surface area contributed by atoms with Gasteiger partial charge in [-0.15, -0.1) is 0 Å². The Hall–Kier alpha value is -1.65. The van der Waals surface area contributed by atoms with Gasteiger partial charge in [-0.25, -0.2) is 14.8 Å². The van der Waals surface area contributed by atoms with Gasteiger partial charge in [0.2, 0.25) is 0 Å². The van der Waals surface area contributed by atoms with Crippen LogP contribution in [0, 0.1) is 6.92 Å². The van der Waals surface area contributed by atoms with Gasteiger partial charge in [0.15, 0.2) is 5.69 Å². The van der Waals surface area contributed by atoms with Gasteiger partial charge in [-0.3, -0.25) is 0 Å². The Morgan fingerprint density at radius 2 is 1.88 bits per heavy atom. The van der Waals surface area contributed by atoms with Crippen LogP contribution in [0.1, 0.15) is 42.0 Å². The first-order valence-electron chi connectivity index (χ1n) is 6.01. The largest absolute Gasteiger partial charge is 0.477 e. The fraction of sp³-hybridized carbons (Fsp3) is 0.583. The van der Waals surface area contributed by atoms with Crippen molar-refractivity contribution in [3.63, 3.8) is 0 Å². The molecule has 0 aliphatic carbocycles. The van der Waals surface area contributed by atoms with Crippen LogP contribution >= 0.6 is 0 Å². The number of rotatable bonds is 2. The summed E-state index contributed by atoms with van der Waals surface area (Å²) in [5.74, 6) is 0.271. The van der Waals surface area contributed by atoms with Crippen molar-refractivity contribution in [1.82, 2.24) is 9.97 Å². The van der Waals surface area contributed by atoms with Gasteiger partial charge in [-0.05, 0) is 19.8 Å². The molecule has 1 aliphatic heterocycles. The first kappa shape index (κ1) is 11.8. The van der Waals surface area contributed by atoms with Crippen LogP contribution in [0.15, 0.2) is 6.07 Å². The zero-order valence-corrected chi connectivity index (χ0v) is 10.0. The number of nitrogens with zero attached hydrogens (tertiary/aromatic N) is 3. The number of carbonyl (C=O) groups is 1. The molecule has 17 heavy (non-hydrogen) atoms. The normalized spacial score (nSPS) is 16.6. The van der Waals surface area contributed by atoms with Crippen molar-refractivity contribution in [3.8, 4) is 0 Å². The van der Waals surface area contributed by atoms with Crippen molar-refractivity contribution >= 4 is 11.8 Å². The number of carboxylic acids is 1. The van der Waals surface area contributed by atoms with Crippen LogP contribution in [0.4, 0.5) is 5.82 Å². The number of anilines is 1. The Balaban J connectivity index is 2.27. The lowest BCUT2D eigenvalue weighted by molar-refractivity contribution is 0.0690. The topological polar surface area (TPSA) is 66.3 Å². The van der Waals surface area contributed by atoms with Gasteiger partial charge in [-0.1, -0.05) is 12.8 Å². The standard InChI is InChI=1S/C12H17N3O2/c1-9-13-10(12(16)17)8-11(14-9)15-6-4-2-3-5-7-15/h8H,2-7H2,1H3,(H,16,17). The minimum atomic E-state index is -0.994. The third-order valence-corrected chi connectivity index (χ3v) is 2.97. The number of aryl methyl sites for hydroxylation is 1. The van der Waals surface area contributed by atoms with E-state index in [1.54, 1.807) is 13.0 Å². The Bertz CT molecular complexity index is 412. The molecule has 1 N–H and O–H groups in total. The summed E-state index contributed by atoms with van der Waals surface area (Å²) < 4.78 is 0. The molecule has 0 saturated carbocycles. The maximum absolute atomic E-state index is 10.9. The van der Waals surface area contributed by atoms with E-state index in [0.717, 1.165) is 31.7 Å². The van der Waals surface area contributed by atoms with Gasteiger partial charge >= 0.3 is 5.97 Å². The van der Waals surface area contributed by atoms with E-state index in [-0.39, 0.29) is 5.69 Å². The molecular formula is C12H17N3O2. The minimum absolute atomic E-state index is 0.0803. The Kier molecular flexibility index (Phi) is 3.56.